The Hall–Kier alpha value is -2.08. The number of nitrogens with zero attached hydrogens (tertiary/aromatic N) is 2. The van der Waals surface area contributed by atoms with Crippen LogP contribution in [-0.4, -0.2) is 64.8 Å². The molecule has 1 aliphatic rings. The Morgan fingerprint density at radius 2 is 2.10 bits per heavy atom. The van der Waals surface area contributed by atoms with E-state index >= 15 is 0 Å². The van der Waals surface area contributed by atoms with Gasteiger partial charge in [-0.1, -0.05) is 18.2 Å². The molecule has 1 aliphatic heterocycles. The third-order valence-electron chi connectivity index (χ3n) is 3.72. The average Bonchev–Trinajstić information content (AvgIpc) is 2.90. The average molecular weight is 292 g/mol. The molecule has 6 heteroatoms. The molecule has 0 aliphatic carbocycles. The minimum absolute atomic E-state index is 0.126. The first kappa shape index (κ1) is 15.3. The second-order valence-corrected chi connectivity index (χ2v) is 5.30. The van der Waals surface area contributed by atoms with Gasteiger partial charge in [0.1, 0.15) is 0 Å². The Morgan fingerprint density at radius 1 is 1.38 bits per heavy atom. The number of hydrogen-bond donors (Lipinski definition) is 2. The first-order valence-corrected chi connectivity index (χ1v) is 6.98. The van der Waals surface area contributed by atoms with Gasteiger partial charge in [0.2, 0.25) is 0 Å². The van der Waals surface area contributed by atoms with Crippen molar-refractivity contribution in [1.29, 1.82) is 0 Å². The number of likely N-dealkylation sites (N-methyl/N-ethyl adjacent to an activating group) is 1. The molecule has 21 heavy (non-hydrogen) atoms. The number of aliphatic hydroxyl groups is 1. The van der Waals surface area contributed by atoms with Crippen molar-refractivity contribution in [2.45, 2.75) is 18.9 Å². The van der Waals surface area contributed by atoms with Crippen molar-refractivity contribution in [3.8, 4) is 0 Å². The summed E-state index contributed by atoms with van der Waals surface area (Å²) in [6.07, 6.45) is 0.665. The van der Waals surface area contributed by atoms with Crippen LogP contribution in [0.2, 0.25) is 0 Å². The fraction of sp³-hybridized carbons (Fsp3) is 0.467. The van der Waals surface area contributed by atoms with Crippen LogP contribution in [0.3, 0.4) is 0 Å². The summed E-state index contributed by atoms with van der Waals surface area (Å²) in [4.78, 5) is 26.5. The Balaban J connectivity index is 1.93. The van der Waals surface area contributed by atoms with Gasteiger partial charge >= 0.3 is 12.0 Å². The molecule has 1 aromatic rings. The van der Waals surface area contributed by atoms with Crippen molar-refractivity contribution < 1.29 is 19.8 Å². The number of carbonyl (C=O) groups is 2. The molecule has 1 aromatic carbocycles. The van der Waals surface area contributed by atoms with Crippen LogP contribution in [0.5, 0.6) is 0 Å². The van der Waals surface area contributed by atoms with Gasteiger partial charge in [-0.15, -0.1) is 0 Å². The van der Waals surface area contributed by atoms with Gasteiger partial charge in [0.15, 0.2) is 0 Å². The van der Waals surface area contributed by atoms with E-state index in [1.807, 2.05) is 0 Å². The standard InChI is InChI=1S/C15H20N2O4/c1-16(15(21)17-9-7-12(18)10-17)8-6-11-4-2-3-5-13(11)14(19)20/h2-5,12,18H,6-10H2,1H3,(H,19,20). The Kier molecular flexibility index (Phi) is 4.80. The molecule has 2 N–H and O–H groups in total. The van der Waals surface area contributed by atoms with Crippen LogP contribution in [0, 0.1) is 0 Å². The van der Waals surface area contributed by atoms with E-state index in [4.69, 9.17) is 5.11 Å². The summed E-state index contributed by atoms with van der Waals surface area (Å²) in [6, 6.07) is 6.69. The fourth-order valence-corrected chi connectivity index (χ4v) is 2.49. The largest absolute Gasteiger partial charge is 0.478 e. The summed E-state index contributed by atoms with van der Waals surface area (Å²) in [5.41, 5.74) is 0.987. The number of carboxylic acids is 1. The van der Waals surface area contributed by atoms with Crippen LogP contribution in [0.25, 0.3) is 0 Å². The number of hydrogen-bond acceptors (Lipinski definition) is 3. The maximum atomic E-state index is 12.2. The lowest BCUT2D eigenvalue weighted by atomic mass is 10.0. The van der Waals surface area contributed by atoms with Crippen molar-refractivity contribution >= 4 is 12.0 Å². The molecule has 2 rings (SSSR count). The maximum Gasteiger partial charge on any atom is 0.335 e. The summed E-state index contributed by atoms with van der Waals surface area (Å²) < 4.78 is 0. The van der Waals surface area contributed by atoms with E-state index in [0.717, 1.165) is 0 Å². The highest BCUT2D eigenvalue weighted by molar-refractivity contribution is 5.89. The predicted octanol–water partition coefficient (Wildman–Crippen LogP) is 1.05. The number of aromatic carboxylic acids is 1. The van der Waals surface area contributed by atoms with Gasteiger partial charge in [-0.25, -0.2) is 9.59 Å². The highest BCUT2D eigenvalue weighted by Crippen LogP contribution is 2.13. The fourth-order valence-electron chi connectivity index (χ4n) is 2.49. The Bertz CT molecular complexity index is 532. The second kappa shape index (κ2) is 6.58. The zero-order chi connectivity index (χ0) is 15.4. The van der Waals surface area contributed by atoms with E-state index in [2.05, 4.69) is 0 Å². The van der Waals surface area contributed by atoms with E-state index < -0.39 is 12.1 Å². The summed E-state index contributed by atoms with van der Waals surface area (Å²) in [7, 11) is 1.69. The number of rotatable bonds is 4. The third-order valence-corrected chi connectivity index (χ3v) is 3.72. The molecule has 6 nitrogen and oxygen atoms in total. The zero-order valence-corrected chi connectivity index (χ0v) is 12.0. The Labute approximate surface area is 123 Å². The minimum atomic E-state index is -0.956. The summed E-state index contributed by atoms with van der Waals surface area (Å²) >= 11 is 0. The summed E-state index contributed by atoms with van der Waals surface area (Å²) in [6.45, 7) is 1.38. The molecule has 0 spiro atoms. The van der Waals surface area contributed by atoms with Crippen molar-refractivity contribution in [3.05, 3.63) is 35.4 Å². The van der Waals surface area contributed by atoms with Crippen LogP contribution in [-0.2, 0) is 6.42 Å². The molecule has 0 bridgehead atoms. The molecule has 114 valence electrons. The molecule has 1 heterocycles. The van der Waals surface area contributed by atoms with Crippen LogP contribution in [0.15, 0.2) is 24.3 Å². The molecule has 0 aromatic heterocycles. The number of amides is 2. The van der Waals surface area contributed by atoms with Gasteiger partial charge in [-0.2, -0.15) is 0 Å². The second-order valence-electron chi connectivity index (χ2n) is 5.30. The zero-order valence-electron chi connectivity index (χ0n) is 12.0. The van der Waals surface area contributed by atoms with E-state index in [1.165, 1.54) is 0 Å². The number of carboxylic acid groups (broad SMARTS) is 1. The van der Waals surface area contributed by atoms with Crippen molar-refractivity contribution in [3.63, 3.8) is 0 Å². The molecule has 0 radical (unpaired) electrons. The highest BCUT2D eigenvalue weighted by Gasteiger charge is 2.26. The lowest BCUT2D eigenvalue weighted by molar-refractivity contribution is 0.0695. The third kappa shape index (κ3) is 3.72. The number of likely N-dealkylation sites (tertiary alicyclic amines) is 1. The summed E-state index contributed by atoms with van der Waals surface area (Å²) in [5, 5.41) is 18.6. The lowest BCUT2D eigenvalue weighted by Crippen LogP contribution is -2.41. The molecule has 1 atom stereocenters. The van der Waals surface area contributed by atoms with Gasteiger partial charge in [0.25, 0.3) is 0 Å². The van der Waals surface area contributed by atoms with Gasteiger partial charge in [0.05, 0.1) is 11.7 Å². The van der Waals surface area contributed by atoms with E-state index in [-0.39, 0.29) is 11.6 Å². The SMILES string of the molecule is CN(CCc1ccccc1C(=O)O)C(=O)N1CCC(O)C1. The maximum absolute atomic E-state index is 12.2. The number of β-amino-alcohol motifs (C(OH)–C–C–N with tert-alkyl or cyclic N) is 1. The highest BCUT2D eigenvalue weighted by atomic mass is 16.4. The van der Waals surface area contributed by atoms with Gasteiger partial charge in [-0.3, -0.25) is 0 Å². The van der Waals surface area contributed by atoms with Crippen LogP contribution in [0.1, 0.15) is 22.3 Å². The molecule has 0 saturated carbocycles. The monoisotopic (exact) mass is 292 g/mol. The number of carbonyl (C=O) groups excluding carboxylic acids is 1. The lowest BCUT2D eigenvalue weighted by Gasteiger charge is -2.24. The van der Waals surface area contributed by atoms with Crippen molar-refractivity contribution in [2.24, 2.45) is 0 Å². The van der Waals surface area contributed by atoms with Gasteiger partial charge in [0, 0.05) is 26.7 Å². The molecular formula is C15H20N2O4. The molecule has 2 amide bonds. The number of urea groups is 1. The molecule has 1 fully saturated rings. The number of benzene rings is 1. The quantitative estimate of drug-likeness (QED) is 0.869. The van der Waals surface area contributed by atoms with E-state index in [1.54, 1.807) is 41.1 Å². The number of aliphatic hydroxyl groups excluding tert-OH is 1. The van der Waals surface area contributed by atoms with Crippen LogP contribution >= 0.6 is 0 Å². The minimum Gasteiger partial charge on any atom is -0.478 e. The predicted molar refractivity (Wildman–Crippen MR) is 77.3 cm³/mol. The molecule has 1 saturated heterocycles. The van der Waals surface area contributed by atoms with Gasteiger partial charge < -0.3 is 20.0 Å². The molecule has 1 unspecified atom stereocenters. The van der Waals surface area contributed by atoms with E-state index in [0.29, 0.717) is 38.0 Å². The smallest absolute Gasteiger partial charge is 0.335 e. The topological polar surface area (TPSA) is 81.1 Å². The summed E-state index contributed by atoms with van der Waals surface area (Å²) in [5.74, 6) is -0.956. The van der Waals surface area contributed by atoms with Crippen molar-refractivity contribution in [2.75, 3.05) is 26.7 Å². The van der Waals surface area contributed by atoms with E-state index in [9.17, 15) is 14.7 Å². The molecular weight excluding hydrogens is 272 g/mol. The van der Waals surface area contributed by atoms with Crippen LogP contribution in [0.4, 0.5) is 4.79 Å². The van der Waals surface area contributed by atoms with Crippen molar-refractivity contribution in [1.82, 2.24) is 9.80 Å². The first-order valence-electron chi connectivity index (χ1n) is 6.98. The van der Waals surface area contributed by atoms with Gasteiger partial charge in [-0.05, 0) is 24.5 Å². The van der Waals surface area contributed by atoms with Crippen LogP contribution < -0.4 is 0 Å². The first-order chi connectivity index (χ1) is 9.99. The Morgan fingerprint density at radius 3 is 2.71 bits per heavy atom. The normalized spacial score (nSPS) is 17.8.